The number of imidazole rings is 1. The number of nitrogens with zero attached hydrogens (tertiary/aromatic N) is 5. The lowest BCUT2D eigenvalue weighted by Gasteiger charge is -2.29. The Labute approximate surface area is 222 Å². The van der Waals surface area contributed by atoms with Crippen molar-refractivity contribution in [3.8, 4) is 17.1 Å². The van der Waals surface area contributed by atoms with Crippen LogP contribution < -0.4 is 15.3 Å². The standard InChI is InChI=1S/C27H34N6O4S/c1-6-8-10-15-24-28-19(3)25-27(34)29-26(30-33(24)25)22-18-21(16-17-23(22)37-7-2)38(35,36)32(5)31(4)20-13-11-9-12-14-20/h9,11-14,16-18H,6-8,10,15H2,1-5H3,(H,29,30,34). The summed E-state index contributed by atoms with van der Waals surface area (Å²) in [6, 6.07) is 13.8. The van der Waals surface area contributed by atoms with Gasteiger partial charge in [-0.2, -0.15) is 0 Å². The van der Waals surface area contributed by atoms with Gasteiger partial charge in [-0.1, -0.05) is 38.0 Å². The number of ether oxygens (including phenoxy) is 1. The minimum atomic E-state index is -3.96. The van der Waals surface area contributed by atoms with E-state index in [-0.39, 0.29) is 16.3 Å². The third kappa shape index (κ3) is 5.30. The van der Waals surface area contributed by atoms with Crippen molar-refractivity contribution in [1.29, 1.82) is 0 Å². The molecule has 0 unspecified atom stereocenters. The average Bonchev–Trinajstić information content (AvgIpc) is 3.24. The highest BCUT2D eigenvalue weighted by molar-refractivity contribution is 7.89. The number of anilines is 1. The van der Waals surface area contributed by atoms with Crippen LogP contribution in [-0.2, 0) is 16.4 Å². The molecule has 0 aliphatic heterocycles. The number of sulfonamides is 1. The Bertz CT molecular complexity index is 1580. The van der Waals surface area contributed by atoms with Gasteiger partial charge in [-0.25, -0.2) is 17.9 Å². The van der Waals surface area contributed by atoms with Gasteiger partial charge in [0, 0.05) is 20.5 Å². The first-order chi connectivity index (χ1) is 18.2. The van der Waals surface area contributed by atoms with Crippen molar-refractivity contribution in [3.05, 3.63) is 70.4 Å². The quantitative estimate of drug-likeness (QED) is 0.225. The summed E-state index contributed by atoms with van der Waals surface area (Å²) in [5, 5.41) is 6.25. The number of rotatable bonds is 11. The van der Waals surface area contributed by atoms with E-state index in [0.717, 1.165) is 19.3 Å². The summed E-state index contributed by atoms with van der Waals surface area (Å²) < 4.78 is 35.8. The van der Waals surface area contributed by atoms with Crippen LogP contribution in [0.25, 0.3) is 16.9 Å². The molecule has 0 spiro atoms. The number of nitrogens with one attached hydrogen (secondary N) is 1. The van der Waals surface area contributed by atoms with Gasteiger partial charge in [0.1, 0.15) is 11.6 Å². The maximum atomic E-state index is 13.6. The minimum Gasteiger partial charge on any atom is -0.493 e. The third-order valence-corrected chi connectivity index (χ3v) is 8.24. The van der Waals surface area contributed by atoms with Gasteiger partial charge in [0.15, 0.2) is 11.3 Å². The first kappa shape index (κ1) is 27.3. The predicted octanol–water partition coefficient (Wildman–Crippen LogP) is 4.20. The Hall–Kier alpha value is -3.70. The zero-order valence-electron chi connectivity index (χ0n) is 22.4. The second-order valence-corrected chi connectivity index (χ2v) is 11.0. The molecule has 10 nitrogen and oxygen atoms in total. The van der Waals surface area contributed by atoms with E-state index in [2.05, 4.69) is 16.9 Å². The van der Waals surface area contributed by atoms with Crippen LogP contribution in [0.15, 0.2) is 58.2 Å². The van der Waals surface area contributed by atoms with Crippen LogP contribution in [0.1, 0.15) is 44.6 Å². The number of aryl methyl sites for hydroxylation is 2. The predicted molar refractivity (Wildman–Crippen MR) is 148 cm³/mol. The van der Waals surface area contributed by atoms with Crippen LogP contribution in [-0.4, -0.2) is 53.1 Å². The highest BCUT2D eigenvalue weighted by Crippen LogP contribution is 2.32. The molecular weight excluding hydrogens is 504 g/mol. The summed E-state index contributed by atoms with van der Waals surface area (Å²) >= 11 is 0. The van der Waals surface area contributed by atoms with Gasteiger partial charge in [-0.15, -0.1) is 9.51 Å². The van der Waals surface area contributed by atoms with Crippen molar-refractivity contribution >= 4 is 21.2 Å². The summed E-state index contributed by atoms with van der Waals surface area (Å²) in [5.74, 6) is 1.32. The Morgan fingerprint density at radius 3 is 2.47 bits per heavy atom. The van der Waals surface area contributed by atoms with Crippen molar-refractivity contribution in [3.63, 3.8) is 0 Å². The number of hydrogen-bond donors (Lipinski definition) is 1. The van der Waals surface area contributed by atoms with E-state index in [4.69, 9.17) is 9.84 Å². The van der Waals surface area contributed by atoms with Crippen molar-refractivity contribution in [2.45, 2.75) is 51.3 Å². The molecule has 4 aromatic rings. The van der Waals surface area contributed by atoms with E-state index >= 15 is 0 Å². The van der Waals surface area contributed by atoms with Crippen LogP contribution in [0.4, 0.5) is 5.69 Å². The van der Waals surface area contributed by atoms with Crippen LogP contribution in [0.5, 0.6) is 5.75 Å². The molecule has 0 radical (unpaired) electrons. The summed E-state index contributed by atoms with van der Waals surface area (Å²) in [5.41, 5.74) is 1.72. The van der Waals surface area contributed by atoms with Crippen LogP contribution in [0, 0.1) is 6.92 Å². The second-order valence-electron chi connectivity index (χ2n) is 9.02. The SMILES string of the molecule is CCCCCc1nc(C)c2c(=O)[nH]c(-c3cc(S(=O)(=O)N(C)N(C)c4ccccc4)ccc3OCC)nn12. The fourth-order valence-corrected chi connectivity index (χ4v) is 5.54. The Morgan fingerprint density at radius 2 is 1.79 bits per heavy atom. The van der Waals surface area contributed by atoms with Crippen molar-refractivity contribution < 1.29 is 13.2 Å². The lowest BCUT2D eigenvalue weighted by Crippen LogP contribution is -2.41. The molecule has 0 saturated heterocycles. The molecule has 202 valence electrons. The molecule has 2 aromatic heterocycles. The van der Waals surface area contributed by atoms with Gasteiger partial charge < -0.3 is 9.72 Å². The number of hydrogen-bond acceptors (Lipinski definition) is 7. The van der Waals surface area contributed by atoms with E-state index in [1.807, 2.05) is 37.3 Å². The van der Waals surface area contributed by atoms with Gasteiger partial charge in [-0.05, 0) is 50.6 Å². The zero-order chi connectivity index (χ0) is 27.4. The van der Waals surface area contributed by atoms with Gasteiger partial charge in [0.05, 0.1) is 28.4 Å². The summed E-state index contributed by atoms with van der Waals surface area (Å²) in [4.78, 5) is 20.6. The monoisotopic (exact) mass is 538 g/mol. The van der Waals surface area contributed by atoms with Crippen molar-refractivity contribution in [2.75, 3.05) is 25.7 Å². The molecule has 0 atom stereocenters. The molecule has 1 N–H and O–H groups in total. The maximum absolute atomic E-state index is 13.6. The third-order valence-electron chi connectivity index (χ3n) is 6.45. The molecule has 11 heteroatoms. The van der Waals surface area contributed by atoms with Crippen molar-refractivity contribution in [2.24, 2.45) is 0 Å². The molecule has 0 fully saturated rings. The second kappa shape index (κ2) is 11.4. The topological polar surface area (TPSA) is 113 Å². The molecule has 0 amide bonds. The van der Waals surface area contributed by atoms with E-state index in [1.54, 1.807) is 29.6 Å². The molecular formula is C27H34N6O4S. The van der Waals surface area contributed by atoms with Gasteiger partial charge >= 0.3 is 0 Å². The van der Waals surface area contributed by atoms with E-state index < -0.39 is 10.0 Å². The number of H-pyrrole nitrogens is 1. The number of para-hydroxylation sites is 1. The Morgan fingerprint density at radius 1 is 1.05 bits per heavy atom. The molecule has 0 saturated carbocycles. The first-order valence-corrected chi connectivity index (χ1v) is 14.2. The number of aromatic amines is 1. The summed E-state index contributed by atoms with van der Waals surface area (Å²) in [6.45, 7) is 6.10. The van der Waals surface area contributed by atoms with E-state index in [1.165, 1.54) is 23.6 Å². The summed E-state index contributed by atoms with van der Waals surface area (Å²) in [7, 11) is -0.790. The normalized spacial score (nSPS) is 11.8. The first-order valence-electron chi connectivity index (χ1n) is 12.7. The van der Waals surface area contributed by atoms with Crippen molar-refractivity contribution in [1.82, 2.24) is 24.0 Å². The lowest BCUT2D eigenvalue weighted by atomic mass is 10.2. The van der Waals surface area contributed by atoms with E-state index in [0.29, 0.717) is 47.1 Å². The molecule has 0 aliphatic rings. The van der Waals surface area contributed by atoms with Crippen LogP contribution in [0.2, 0.25) is 0 Å². The minimum absolute atomic E-state index is 0.0361. The molecule has 4 rings (SSSR count). The highest BCUT2D eigenvalue weighted by atomic mass is 32.2. The number of aromatic nitrogens is 4. The zero-order valence-corrected chi connectivity index (χ0v) is 23.2. The molecule has 2 aromatic carbocycles. The smallest absolute Gasteiger partial charge is 0.277 e. The summed E-state index contributed by atoms with van der Waals surface area (Å²) in [6.07, 6.45) is 3.72. The van der Waals surface area contributed by atoms with Crippen LogP contribution >= 0.6 is 0 Å². The van der Waals surface area contributed by atoms with Crippen LogP contribution in [0.3, 0.4) is 0 Å². The maximum Gasteiger partial charge on any atom is 0.277 e. The van der Waals surface area contributed by atoms with Gasteiger partial charge in [-0.3, -0.25) is 9.80 Å². The number of hydrazine groups is 1. The van der Waals surface area contributed by atoms with E-state index in [9.17, 15) is 13.2 Å². The Kier molecular flexibility index (Phi) is 8.17. The lowest BCUT2D eigenvalue weighted by molar-refractivity contribution is 0.341. The fourth-order valence-electron chi connectivity index (χ4n) is 4.31. The number of benzene rings is 2. The fraction of sp³-hybridized carbons (Fsp3) is 0.370. The molecule has 38 heavy (non-hydrogen) atoms. The molecule has 0 aliphatic carbocycles. The number of unbranched alkanes of at least 4 members (excludes halogenated alkanes) is 2. The number of fused-ring (bicyclic) bond motifs is 1. The largest absolute Gasteiger partial charge is 0.493 e. The van der Waals surface area contributed by atoms with Gasteiger partial charge in [0.2, 0.25) is 0 Å². The van der Waals surface area contributed by atoms with Gasteiger partial charge in [0.25, 0.3) is 15.6 Å². The highest BCUT2D eigenvalue weighted by Gasteiger charge is 2.27. The molecule has 2 heterocycles. The Balaban J connectivity index is 1.81. The average molecular weight is 539 g/mol. The molecule has 0 bridgehead atoms.